The molecule has 2 amide bonds. The number of carbonyl (C=O) groups is 2. The van der Waals surface area contributed by atoms with Crippen LogP contribution < -0.4 is 5.32 Å². The number of nitrogens with zero attached hydrogens (tertiary/aromatic N) is 4. The number of likely N-dealkylation sites (tertiary alicyclic amines) is 1. The minimum Gasteiger partial charge on any atom is -0.507 e. The third kappa shape index (κ3) is 3.87. The van der Waals surface area contributed by atoms with Crippen LogP contribution in [-0.4, -0.2) is 49.9 Å². The average molecular weight is 467 g/mol. The van der Waals surface area contributed by atoms with Crippen molar-refractivity contribution >= 4 is 40.1 Å². The van der Waals surface area contributed by atoms with Gasteiger partial charge in [-0.3, -0.25) is 9.59 Å². The van der Waals surface area contributed by atoms with Gasteiger partial charge in [0.25, 0.3) is 5.91 Å². The molecule has 1 aromatic carbocycles. The first-order valence-corrected chi connectivity index (χ1v) is 9.19. The lowest BCUT2D eigenvalue weighted by Gasteiger charge is -2.32. The van der Waals surface area contributed by atoms with Crippen LogP contribution in [0, 0.1) is 3.70 Å². The monoisotopic (exact) mass is 467 g/mol. The zero-order valence-electron chi connectivity index (χ0n) is 13.9. The second kappa shape index (κ2) is 7.85. The number of aromatic hydroxyl groups is 1. The molecule has 1 saturated heterocycles. The lowest BCUT2D eigenvalue weighted by atomic mass is 10.0. The van der Waals surface area contributed by atoms with E-state index in [-0.39, 0.29) is 29.2 Å². The van der Waals surface area contributed by atoms with E-state index in [0.717, 1.165) is 22.6 Å². The standard InChI is InChI=1S/C17H18IN5O3/c1-2-16(25)20-11-3-4-14(24)13(9-11)17(26)22-7-5-12(6-8-22)23-15(18)10-19-21-23/h2-4,9-10,12,24H,1,5-8H2,(H,20,25). The number of hydrogen-bond acceptors (Lipinski definition) is 5. The Hall–Kier alpha value is -2.43. The molecule has 0 spiro atoms. The van der Waals surface area contributed by atoms with Crippen molar-refractivity contribution in [3.8, 4) is 5.75 Å². The van der Waals surface area contributed by atoms with Crippen LogP contribution in [0.4, 0.5) is 5.69 Å². The predicted molar refractivity (Wildman–Crippen MR) is 104 cm³/mol. The smallest absolute Gasteiger partial charge is 0.257 e. The van der Waals surface area contributed by atoms with Crippen molar-refractivity contribution in [3.63, 3.8) is 0 Å². The summed E-state index contributed by atoms with van der Waals surface area (Å²) >= 11 is 2.19. The zero-order chi connectivity index (χ0) is 18.7. The fraction of sp³-hybridized carbons (Fsp3) is 0.294. The first kappa shape index (κ1) is 18.4. The Morgan fingerprint density at radius 1 is 1.35 bits per heavy atom. The molecular weight excluding hydrogens is 449 g/mol. The molecular formula is C17H18IN5O3. The number of benzene rings is 1. The third-order valence-electron chi connectivity index (χ3n) is 4.31. The van der Waals surface area contributed by atoms with Crippen molar-refractivity contribution in [2.75, 3.05) is 18.4 Å². The summed E-state index contributed by atoms with van der Waals surface area (Å²) < 4.78 is 2.85. The number of phenolic OH excluding ortho intramolecular Hbond substituents is 1. The van der Waals surface area contributed by atoms with Crippen LogP contribution in [-0.2, 0) is 4.79 Å². The van der Waals surface area contributed by atoms with Crippen LogP contribution >= 0.6 is 22.6 Å². The molecule has 1 aromatic heterocycles. The Bertz CT molecular complexity index is 843. The topological polar surface area (TPSA) is 100 Å². The Morgan fingerprint density at radius 3 is 2.69 bits per heavy atom. The van der Waals surface area contributed by atoms with Gasteiger partial charge in [-0.25, -0.2) is 4.68 Å². The van der Waals surface area contributed by atoms with Crippen molar-refractivity contribution in [3.05, 3.63) is 46.3 Å². The molecule has 1 aliphatic heterocycles. The van der Waals surface area contributed by atoms with Crippen LogP contribution in [0.25, 0.3) is 0 Å². The van der Waals surface area contributed by atoms with Gasteiger partial charge in [-0.1, -0.05) is 11.8 Å². The second-order valence-electron chi connectivity index (χ2n) is 5.95. The van der Waals surface area contributed by atoms with Gasteiger partial charge < -0.3 is 15.3 Å². The van der Waals surface area contributed by atoms with Crippen LogP contribution in [0.5, 0.6) is 5.75 Å². The quantitative estimate of drug-likeness (QED) is 0.408. The summed E-state index contributed by atoms with van der Waals surface area (Å²) in [5.74, 6) is -0.749. The maximum Gasteiger partial charge on any atom is 0.257 e. The van der Waals surface area contributed by atoms with E-state index in [0.29, 0.717) is 18.8 Å². The molecule has 0 unspecified atom stereocenters. The lowest BCUT2D eigenvalue weighted by Crippen LogP contribution is -2.39. The average Bonchev–Trinajstić information content (AvgIpc) is 3.08. The maximum absolute atomic E-state index is 12.8. The molecule has 9 heteroatoms. The van der Waals surface area contributed by atoms with E-state index in [1.54, 1.807) is 11.1 Å². The summed E-state index contributed by atoms with van der Waals surface area (Å²) in [7, 11) is 0. The molecule has 0 radical (unpaired) electrons. The number of phenols is 1. The van der Waals surface area contributed by atoms with E-state index < -0.39 is 0 Å². The van der Waals surface area contributed by atoms with E-state index in [1.165, 1.54) is 18.2 Å². The minimum absolute atomic E-state index is 0.112. The summed E-state index contributed by atoms with van der Waals surface area (Å²) in [6.07, 6.45) is 4.38. The predicted octanol–water partition coefficient (Wildman–Crippen LogP) is 2.19. The van der Waals surface area contributed by atoms with E-state index in [1.807, 2.05) is 4.68 Å². The zero-order valence-corrected chi connectivity index (χ0v) is 16.1. The number of rotatable bonds is 4. The number of nitrogens with one attached hydrogen (secondary N) is 1. The van der Waals surface area contributed by atoms with Crippen LogP contribution in [0.2, 0.25) is 0 Å². The first-order valence-electron chi connectivity index (χ1n) is 8.11. The Kier molecular flexibility index (Phi) is 5.55. The van der Waals surface area contributed by atoms with Crippen molar-refractivity contribution in [2.24, 2.45) is 0 Å². The summed E-state index contributed by atoms with van der Waals surface area (Å²) in [6.45, 7) is 4.51. The van der Waals surface area contributed by atoms with Crippen LogP contribution in [0.3, 0.4) is 0 Å². The van der Waals surface area contributed by atoms with E-state index in [9.17, 15) is 14.7 Å². The van der Waals surface area contributed by atoms with E-state index >= 15 is 0 Å². The molecule has 26 heavy (non-hydrogen) atoms. The molecule has 8 nitrogen and oxygen atoms in total. The summed E-state index contributed by atoms with van der Waals surface area (Å²) in [6, 6.07) is 4.62. The van der Waals surface area contributed by atoms with Gasteiger partial charge in [0, 0.05) is 18.8 Å². The highest BCUT2D eigenvalue weighted by Gasteiger charge is 2.27. The van der Waals surface area contributed by atoms with Crippen molar-refractivity contribution in [1.29, 1.82) is 0 Å². The molecule has 0 bridgehead atoms. The fourth-order valence-corrected chi connectivity index (χ4v) is 3.56. The number of anilines is 1. The van der Waals surface area contributed by atoms with Gasteiger partial charge in [0.2, 0.25) is 5.91 Å². The van der Waals surface area contributed by atoms with Crippen LogP contribution in [0.1, 0.15) is 29.2 Å². The number of hydrogen-bond donors (Lipinski definition) is 2. The lowest BCUT2D eigenvalue weighted by molar-refractivity contribution is -0.111. The molecule has 2 heterocycles. The van der Waals surface area contributed by atoms with Crippen molar-refractivity contribution < 1.29 is 14.7 Å². The molecule has 1 fully saturated rings. The van der Waals surface area contributed by atoms with Gasteiger partial charge in [0.15, 0.2) is 0 Å². The minimum atomic E-state index is -0.377. The number of piperidine rings is 1. The van der Waals surface area contributed by atoms with Gasteiger partial charge >= 0.3 is 0 Å². The van der Waals surface area contributed by atoms with Gasteiger partial charge in [-0.05, 0) is 59.7 Å². The van der Waals surface area contributed by atoms with E-state index in [2.05, 4.69) is 44.8 Å². The Balaban J connectivity index is 1.70. The van der Waals surface area contributed by atoms with Gasteiger partial charge in [-0.2, -0.15) is 0 Å². The molecule has 1 aliphatic rings. The first-order chi connectivity index (χ1) is 12.5. The van der Waals surface area contributed by atoms with Gasteiger partial charge in [0.05, 0.1) is 17.8 Å². The number of halogens is 1. The third-order valence-corrected chi connectivity index (χ3v) is 5.08. The molecule has 2 aromatic rings. The summed E-state index contributed by atoms with van der Waals surface area (Å²) in [5.41, 5.74) is 0.601. The highest BCUT2D eigenvalue weighted by atomic mass is 127. The fourth-order valence-electron chi connectivity index (χ4n) is 2.94. The SMILES string of the molecule is C=CC(=O)Nc1ccc(O)c(C(=O)N2CCC(n3nncc3I)CC2)c1. The van der Waals surface area contributed by atoms with E-state index in [4.69, 9.17) is 0 Å². The molecule has 0 atom stereocenters. The number of aromatic nitrogens is 3. The maximum atomic E-state index is 12.8. The van der Waals surface area contributed by atoms with Gasteiger partial charge in [-0.15, -0.1) is 5.10 Å². The molecule has 3 rings (SSSR count). The molecule has 0 saturated carbocycles. The van der Waals surface area contributed by atoms with Crippen LogP contribution in [0.15, 0.2) is 37.1 Å². The Morgan fingerprint density at radius 2 is 2.08 bits per heavy atom. The highest BCUT2D eigenvalue weighted by molar-refractivity contribution is 14.1. The normalized spacial score (nSPS) is 14.9. The van der Waals surface area contributed by atoms with Crippen molar-refractivity contribution in [1.82, 2.24) is 19.9 Å². The molecule has 136 valence electrons. The largest absolute Gasteiger partial charge is 0.507 e. The van der Waals surface area contributed by atoms with Crippen molar-refractivity contribution in [2.45, 2.75) is 18.9 Å². The molecule has 2 N–H and O–H groups in total. The summed E-state index contributed by atoms with van der Waals surface area (Å²) in [5, 5.41) is 20.7. The Labute approximate surface area is 164 Å². The van der Waals surface area contributed by atoms with Gasteiger partial charge in [0.1, 0.15) is 9.45 Å². The summed E-state index contributed by atoms with van der Waals surface area (Å²) in [4.78, 5) is 25.9. The number of carbonyl (C=O) groups excluding carboxylic acids is 2. The highest BCUT2D eigenvalue weighted by Crippen LogP contribution is 2.28. The number of amides is 2. The second-order valence-corrected chi connectivity index (χ2v) is 7.06. The molecule has 0 aliphatic carbocycles.